The summed E-state index contributed by atoms with van der Waals surface area (Å²) in [6, 6.07) is 7.25. The fraction of sp³-hybridized carbons (Fsp3) is 0.278. The van der Waals surface area contributed by atoms with E-state index in [4.69, 9.17) is 4.74 Å². The van der Waals surface area contributed by atoms with Crippen LogP contribution in [0.15, 0.2) is 47.7 Å². The number of fused-ring (bicyclic) bond motifs is 1. The van der Waals surface area contributed by atoms with E-state index in [2.05, 4.69) is 20.2 Å². The normalized spacial score (nSPS) is 14.7. The monoisotopic (exact) mass is 337 g/mol. The van der Waals surface area contributed by atoms with Gasteiger partial charge in [0.2, 0.25) is 0 Å². The van der Waals surface area contributed by atoms with Crippen LogP contribution in [0.1, 0.15) is 0 Å². The molecule has 0 unspecified atom stereocenters. The Hall–Kier alpha value is -2.93. The zero-order valence-corrected chi connectivity index (χ0v) is 14.0. The summed E-state index contributed by atoms with van der Waals surface area (Å²) in [5.74, 6) is 0.633. The molecule has 1 N–H and O–H groups in total. The molecule has 0 amide bonds. The molecule has 0 saturated carbocycles. The fourth-order valence-corrected chi connectivity index (χ4v) is 3.02. The summed E-state index contributed by atoms with van der Waals surface area (Å²) < 4.78 is 6.78. The number of rotatable bonds is 3. The van der Waals surface area contributed by atoms with Crippen molar-refractivity contribution in [1.29, 1.82) is 0 Å². The zero-order chi connectivity index (χ0) is 17.2. The average molecular weight is 337 g/mol. The summed E-state index contributed by atoms with van der Waals surface area (Å²) >= 11 is 0. The summed E-state index contributed by atoms with van der Waals surface area (Å²) in [4.78, 5) is 23.6. The van der Waals surface area contributed by atoms with Crippen molar-refractivity contribution < 1.29 is 4.74 Å². The maximum Gasteiger partial charge on any atom is 0.258 e. The standard InChI is InChI=1S/C18H19N5O2/c1-25-15-8-13(10-20-11-15)16-9-18(24)23-12-14(2-3-17(23)21-16)22-6-4-19-5-7-22/h2-3,8-12,19H,4-7H2,1H3. The van der Waals surface area contributed by atoms with Crippen molar-refractivity contribution in [2.45, 2.75) is 0 Å². The van der Waals surface area contributed by atoms with Crippen molar-refractivity contribution in [2.75, 3.05) is 38.2 Å². The van der Waals surface area contributed by atoms with Crippen LogP contribution in [0.5, 0.6) is 5.75 Å². The van der Waals surface area contributed by atoms with Crippen molar-refractivity contribution in [1.82, 2.24) is 19.7 Å². The minimum atomic E-state index is -0.111. The van der Waals surface area contributed by atoms with Gasteiger partial charge in [0.05, 0.1) is 24.7 Å². The largest absolute Gasteiger partial charge is 0.495 e. The first-order valence-corrected chi connectivity index (χ1v) is 8.23. The van der Waals surface area contributed by atoms with E-state index in [1.165, 1.54) is 6.07 Å². The molecule has 25 heavy (non-hydrogen) atoms. The van der Waals surface area contributed by atoms with E-state index in [1.54, 1.807) is 23.9 Å². The molecule has 1 aliphatic heterocycles. The van der Waals surface area contributed by atoms with Crippen LogP contribution < -0.4 is 20.5 Å². The van der Waals surface area contributed by atoms with Crippen LogP contribution in [0.4, 0.5) is 5.69 Å². The van der Waals surface area contributed by atoms with Crippen LogP contribution >= 0.6 is 0 Å². The van der Waals surface area contributed by atoms with E-state index in [0.717, 1.165) is 37.4 Å². The molecule has 7 nitrogen and oxygen atoms in total. The van der Waals surface area contributed by atoms with Gasteiger partial charge in [-0.15, -0.1) is 0 Å². The Labute approximate surface area is 144 Å². The number of hydrogen-bond donors (Lipinski definition) is 1. The van der Waals surface area contributed by atoms with E-state index in [-0.39, 0.29) is 5.56 Å². The molecule has 3 aromatic rings. The lowest BCUT2D eigenvalue weighted by Gasteiger charge is -2.29. The molecule has 3 aromatic heterocycles. The average Bonchev–Trinajstić information content (AvgIpc) is 2.68. The molecule has 0 spiro atoms. The molecular weight excluding hydrogens is 318 g/mol. The van der Waals surface area contributed by atoms with E-state index >= 15 is 0 Å². The van der Waals surface area contributed by atoms with Gasteiger partial charge in [-0.05, 0) is 18.2 Å². The van der Waals surface area contributed by atoms with Crippen LogP contribution in [0.2, 0.25) is 0 Å². The molecular formula is C18H19N5O2. The Morgan fingerprint density at radius 1 is 1.16 bits per heavy atom. The lowest BCUT2D eigenvalue weighted by molar-refractivity contribution is 0.413. The van der Waals surface area contributed by atoms with Crippen molar-refractivity contribution >= 4 is 11.3 Å². The van der Waals surface area contributed by atoms with Crippen molar-refractivity contribution in [3.05, 3.63) is 53.2 Å². The quantitative estimate of drug-likeness (QED) is 0.774. The maximum atomic E-state index is 12.6. The third-order valence-corrected chi connectivity index (χ3v) is 4.37. The van der Waals surface area contributed by atoms with Crippen LogP contribution in [0.25, 0.3) is 16.9 Å². The molecule has 0 aliphatic carbocycles. The predicted molar refractivity (Wildman–Crippen MR) is 96.3 cm³/mol. The van der Waals surface area contributed by atoms with E-state index < -0.39 is 0 Å². The van der Waals surface area contributed by atoms with Gasteiger partial charge in [0.25, 0.3) is 5.56 Å². The predicted octanol–water partition coefficient (Wildman–Crippen LogP) is 1.17. The highest BCUT2D eigenvalue weighted by Gasteiger charge is 2.12. The Kier molecular flexibility index (Phi) is 4.07. The number of nitrogens with one attached hydrogen (secondary N) is 1. The topological polar surface area (TPSA) is 71.8 Å². The Balaban J connectivity index is 1.76. The molecule has 0 bridgehead atoms. The van der Waals surface area contributed by atoms with Crippen LogP contribution in [-0.2, 0) is 0 Å². The number of nitrogens with zero attached hydrogens (tertiary/aromatic N) is 4. The molecule has 0 radical (unpaired) electrons. The number of methoxy groups -OCH3 is 1. The van der Waals surface area contributed by atoms with E-state index in [1.807, 2.05) is 24.4 Å². The molecule has 0 aromatic carbocycles. The Morgan fingerprint density at radius 2 is 2.00 bits per heavy atom. The lowest BCUT2D eigenvalue weighted by Crippen LogP contribution is -2.43. The molecule has 4 rings (SSSR count). The van der Waals surface area contributed by atoms with Gasteiger partial charge in [0.1, 0.15) is 11.4 Å². The first kappa shape index (κ1) is 15.6. The number of aromatic nitrogens is 3. The highest BCUT2D eigenvalue weighted by molar-refractivity contribution is 5.63. The highest BCUT2D eigenvalue weighted by Crippen LogP contribution is 2.21. The molecule has 1 saturated heterocycles. The van der Waals surface area contributed by atoms with E-state index in [0.29, 0.717) is 17.1 Å². The van der Waals surface area contributed by atoms with Gasteiger partial charge in [-0.2, -0.15) is 0 Å². The number of ether oxygens (including phenoxy) is 1. The SMILES string of the molecule is COc1cncc(-c2cc(=O)n3cc(N4CCNCC4)ccc3n2)c1. The molecule has 7 heteroatoms. The van der Waals surface area contributed by atoms with E-state index in [9.17, 15) is 4.79 Å². The van der Waals surface area contributed by atoms with Crippen molar-refractivity contribution in [3.8, 4) is 17.0 Å². The van der Waals surface area contributed by atoms with Gasteiger partial charge in [-0.1, -0.05) is 0 Å². The Bertz CT molecular complexity index is 963. The smallest absolute Gasteiger partial charge is 0.258 e. The fourth-order valence-electron chi connectivity index (χ4n) is 3.02. The molecule has 1 aliphatic rings. The maximum absolute atomic E-state index is 12.6. The Morgan fingerprint density at radius 3 is 2.80 bits per heavy atom. The summed E-state index contributed by atoms with van der Waals surface area (Å²) in [6.45, 7) is 3.77. The van der Waals surface area contributed by atoms with Crippen molar-refractivity contribution in [2.24, 2.45) is 0 Å². The third kappa shape index (κ3) is 3.06. The second-order valence-electron chi connectivity index (χ2n) is 5.95. The number of pyridine rings is 2. The van der Waals surface area contributed by atoms with Crippen LogP contribution in [-0.4, -0.2) is 47.7 Å². The van der Waals surface area contributed by atoms with Gasteiger partial charge in [0, 0.05) is 50.2 Å². The third-order valence-electron chi connectivity index (χ3n) is 4.37. The van der Waals surface area contributed by atoms with Crippen LogP contribution in [0.3, 0.4) is 0 Å². The lowest BCUT2D eigenvalue weighted by atomic mass is 10.2. The molecule has 128 valence electrons. The minimum absolute atomic E-state index is 0.111. The van der Waals surface area contributed by atoms with Crippen molar-refractivity contribution in [3.63, 3.8) is 0 Å². The van der Waals surface area contributed by atoms with Gasteiger partial charge in [-0.25, -0.2) is 4.98 Å². The number of hydrogen-bond acceptors (Lipinski definition) is 6. The number of piperazine rings is 1. The summed E-state index contributed by atoms with van der Waals surface area (Å²) in [5.41, 5.74) is 2.88. The second-order valence-corrected chi connectivity index (χ2v) is 5.95. The first-order chi connectivity index (χ1) is 12.2. The second kappa shape index (κ2) is 6.52. The minimum Gasteiger partial charge on any atom is -0.495 e. The van der Waals surface area contributed by atoms with Gasteiger partial charge >= 0.3 is 0 Å². The first-order valence-electron chi connectivity index (χ1n) is 8.23. The molecule has 4 heterocycles. The van der Waals surface area contributed by atoms with Gasteiger partial charge in [-0.3, -0.25) is 14.2 Å². The molecule has 0 atom stereocenters. The summed E-state index contributed by atoms with van der Waals surface area (Å²) in [5, 5.41) is 3.33. The van der Waals surface area contributed by atoms with Gasteiger partial charge < -0.3 is 15.0 Å². The number of anilines is 1. The summed E-state index contributed by atoms with van der Waals surface area (Å²) in [7, 11) is 1.58. The van der Waals surface area contributed by atoms with Gasteiger partial charge in [0.15, 0.2) is 0 Å². The van der Waals surface area contributed by atoms with Crippen LogP contribution in [0, 0.1) is 0 Å². The summed E-state index contributed by atoms with van der Waals surface area (Å²) in [6.07, 6.45) is 5.16. The highest BCUT2D eigenvalue weighted by atomic mass is 16.5. The zero-order valence-electron chi connectivity index (χ0n) is 14.0. The molecule has 1 fully saturated rings.